The first kappa shape index (κ1) is 13.3. The van der Waals surface area contributed by atoms with Gasteiger partial charge in [0, 0.05) is 10.7 Å². The molecule has 3 rings (SSSR count). The van der Waals surface area contributed by atoms with Crippen LogP contribution in [0.2, 0.25) is 0 Å². The number of nitrogens with zero attached hydrogens (tertiary/aromatic N) is 2. The molecule has 0 unspecified atom stereocenters. The Labute approximate surface area is 129 Å². The predicted molar refractivity (Wildman–Crippen MR) is 84.7 cm³/mol. The number of aromatic nitrogens is 2. The second-order valence-corrected chi connectivity index (χ2v) is 6.20. The first-order chi connectivity index (χ1) is 9.69. The largest absolute Gasteiger partial charge is 0.298 e. The van der Waals surface area contributed by atoms with Crippen LogP contribution in [-0.2, 0) is 0 Å². The van der Waals surface area contributed by atoms with Gasteiger partial charge < -0.3 is 0 Å². The third kappa shape index (κ3) is 2.34. The zero-order chi connectivity index (χ0) is 14.1. The maximum atomic E-state index is 11.3. The molecule has 0 aliphatic heterocycles. The lowest BCUT2D eigenvalue weighted by atomic mass is 10.2. The van der Waals surface area contributed by atoms with Crippen LogP contribution >= 0.6 is 27.3 Å². The molecule has 0 fully saturated rings. The van der Waals surface area contributed by atoms with E-state index in [4.69, 9.17) is 0 Å². The third-order valence-electron chi connectivity index (χ3n) is 3.00. The molecule has 0 aliphatic rings. The standard InChI is InChI=1S/C15H11BrN2OS/c1-10-2-4-12(5-3-10)18-8-11(9-19)14(17-18)15-13(16)6-7-20-15/h2-9H,1H3. The lowest BCUT2D eigenvalue weighted by molar-refractivity contribution is 0.112. The Kier molecular flexibility index (Phi) is 3.54. The quantitative estimate of drug-likeness (QED) is 0.655. The SMILES string of the molecule is Cc1ccc(-n2cc(C=O)c(-c3sccc3Br)n2)cc1. The topological polar surface area (TPSA) is 34.9 Å². The smallest absolute Gasteiger partial charge is 0.153 e. The fourth-order valence-corrected chi connectivity index (χ4v) is 3.51. The van der Waals surface area contributed by atoms with Crippen LogP contribution in [0.25, 0.3) is 16.3 Å². The lowest BCUT2D eigenvalue weighted by Crippen LogP contribution is -1.94. The Hall–Kier alpha value is -1.72. The number of rotatable bonds is 3. The minimum absolute atomic E-state index is 0.591. The molecule has 3 nitrogen and oxygen atoms in total. The number of hydrogen-bond acceptors (Lipinski definition) is 3. The molecule has 0 bridgehead atoms. The maximum absolute atomic E-state index is 11.3. The molecule has 0 spiro atoms. The summed E-state index contributed by atoms with van der Waals surface area (Å²) in [6, 6.07) is 9.99. The Balaban J connectivity index is 2.12. The molecule has 0 amide bonds. The van der Waals surface area contributed by atoms with Crippen LogP contribution in [0.5, 0.6) is 0 Å². The van der Waals surface area contributed by atoms with E-state index in [1.165, 1.54) is 5.56 Å². The van der Waals surface area contributed by atoms with Crippen molar-refractivity contribution >= 4 is 33.6 Å². The summed E-state index contributed by atoms with van der Waals surface area (Å²) in [6.45, 7) is 2.04. The maximum Gasteiger partial charge on any atom is 0.153 e. The van der Waals surface area contributed by atoms with Crippen LogP contribution in [0.3, 0.4) is 0 Å². The van der Waals surface area contributed by atoms with Gasteiger partial charge in [0.25, 0.3) is 0 Å². The Morgan fingerprint density at radius 2 is 2.00 bits per heavy atom. The average molecular weight is 347 g/mol. The molecule has 0 atom stereocenters. The van der Waals surface area contributed by atoms with E-state index in [0.29, 0.717) is 11.3 Å². The van der Waals surface area contributed by atoms with E-state index in [1.807, 2.05) is 42.6 Å². The molecular formula is C15H11BrN2OS. The summed E-state index contributed by atoms with van der Waals surface area (Å²) in [5.41, 5.74) is 3.44. The summed E-state index contributed by atoms with van der Waals surface area (Å²) >= 11 is 5.05. The summed E-state index contributed by atoms with van der Waals surface area (Å²) in [6.07, 6.45) is 2.61. The van der Waals surface area contributed by atoms with Crippen molar-refractivity contribution in [1.82, 2.24) is 9.78 Å². The normalized spacial score (nSPS) is 10.7. The number of thiophene rings is 1. The van der Waals surface area contributed by atoms with Crippen LogP contribution in [0.15, 0.2) is 46.4 Å². The van der Waals surface area contributed by atoms with E-state index < -0.39 is 0 Å². The van der Waals surface area contributed by atoms with Gasteiger partial charge in [-0.1, -0.05) is 17.7 Å². The van der Waals surface area contributed by atoms with Crippen molar-refractivity contribution in [2.24, 2.45) is 0 Å². The summed E-state index contributed by atoms with van der Waals surface area (Å²) in [4.78, 5) is 12.2. The molecule has 2 aromatic heterocycles. The molecule has 20 heavy (non-hydrogen) atoms. The fraction of sp³-hybridized carbons (Fsp3) is 0.0667. The monoisotopic (exact) mass is 346 g/mol. The van der Waals surface area contributed by atoms with Gasteiger partial charge in [-0.2, -0.15) is 5.10 Å². The first-order valence-corrected chi connectivity index (χ1v) is 7.71. The number of aryl methyl sites for hydroxylation is 1. The van der Waals surface area contributed by atoms with E-state index in [-0.39, 0.29) is 0 Å². The minimum Gasteiger partial charge on any atom is -0.298 e. The van der Waals surface area contributed by atoms with Gasteiger partial charge in [0.15, 0.2) is 6.29 Å². The molecule has 2 heterocycles. The second-order valence-electron chi connectivity index (χ2n) is 4.43. The number of carbonyl (C=O) groups is 1. The highest BCUT2D eigenvalue weighted by atomic mass is 79.9. The lowest BCUT2D eigenvalue weighted by Gasteiger charge is -2.01. The van der Waals surface area contributed by atoms with Gasteiger partial charge >= 0.3 is 0 Å². The van der Waals surface area contributed by atoms with Crippen molar-refractivity contribution in [3.05, 3.63) is 57.5 Å². The zero-order valence-corrected chi connectivity index (χ0v) is 13.1. The van der Waals surface area contributed by atoms with Gasteiger partial charge in [-0.15, -0.1) is 11.3 Å². The van der Waals surface area contributed by atoms with Crippen molar-refractivity contribution in [3.63, 3.8) is 0 Å². The Morgan fingerprint density at radius 3 is 2.60 bits per heavy atom. The number of hydrogen-bond donors (Lipinski definition) is 0. The van der Waals surface area contributed by atoms with Crippen molar-refractivity contribution in [2.45, 2.75) is 6.92 Å². The second kappa shape index (κ2) is 5.34. The van der Waals surface area contributed by atoms with Gasteiger partial charge in [-0.25, -0.2) is 4.68 Å². The Morgan fingerprint density at radius 1 is 1.25 bits per heavy atom. The van der Waals surface area contributed by atoms with Crippen LogP contribution < -0.4 is 0 Å². The highest BCUT2D eigenvalue weighted by molar-refractivity contribution is 9.10. The zero-order valence-electron chi connectivity index (χ0n) is 10.7. The van der Waals surface area contributed by atoms with Gasteiger partial charge in [-0.3, -0.25) is 4.79 Å². The number of halogens is 1. The third-order valence-corrected chi connectivity index (χ3v) is 4.84. The van der Waals surface area contributed by atoms with E-state index in [9.17, 15) is 4.79 Å². The summed E-state index contributed by atoms with van der Waals surface area (Å²) in [5.74, 6) is 0. The molecule has 3 aromatic rings. The molecule has 0 saturated carbocycles. The van der Waals surface area contributed by atoms with Crippen molar-refractivity contribution < 1.29 is 4.79 Å². The molecule has 0 saturated heterocycles. The van der Waals surface area contributed by atoms with E-state index >= 15 is 0 Å². The van der Waals surface area contributed by atoms with E-state index in [0.717, 1.165) is 21.3 Å². The first-order valence-electron chi connectivity index (χ1n) is 6.04. The van der Waals surface area contributed by atoms with E-state index in [1.54, 1.807) is 22.2 Å². The average Bonchev–Trinajstić information content (AvgIpc) is 3.05. The highest BCUT2D eigenvalue weighted by Crippen LogP contribution is 2.34. The summed E-state index contributed by atoms with van der Waals surface area (Å²) < 4.78 is 2.70. The predicted octanol–water partition coefficient (Wildman–Crippen LogP) is 4.48. The van der Waals surface area contributed by atoms with Crippen LogP contribution in [0.4, 0.5) is 0 Å². The minimum atomic E-state index is 0.591. The number of carbonyl (C=O) groups excluding carboxylic acids is 1. The van der Waals surface area contributed by atoms with Crippen LogP contribution in [0.1, 0.15) is 15.9 Å². The molecule has 0 aliphatic carbocycles. The van der Waals surface area contributed by atoms with Gasteiger partial charge in [0.1, 0.15) is 5.69 Å². The van der Waals surface area contributed by atoms with Gasteiger partial charge in [0.2, 0.25) is 0 Å². The number of aldehydes is 1. The van der Waals surface area contributed by atoms with Crippen LogP contribution in [0, 0.1) is 6.92 Å². The number of benzene rings is 1. The van der Waals surface area contributed by atoms with Crippen molar-refractivity contribution in [3.8, 4) is 16.3 Å². The summed E-state index contributed by atoms with van der Waals surface area (Å²) in [5, 5.41) is 6.52. The molecule has 100 valence electrons. The van der Waals surface area contributed by atoms with Gasteiger partial charge in [0.05, 0.1) is 16.1 Å². The Bertz CT molecular complexity index is 759. The summed E-state index contributed by atoms with van der Waals surface area (Å²) in [7, 11) is 0. The van der Waals surface area contributed by atoms with Crippen molar-refractivity contribution in [1.29, 1.82) is 0 Å². The molecule has 0 radical (unpaired) electrons. The fourth-order valence-electron chi connectivity index (χ4n) is 1.94. The molecule has 1 aromatic carbocycles. The molecule has 5 heteroatoms. The van der Waals surface area contributed by atoms with Crippen molar-refractivity contribution in [2.75, 3.05) is 0 Å². The molecular weight excluding hydrogens is 336 g/mol. The van der Waals surface area contributed by atoms with Crippen LogP contribution in [-0.4, -0.2) is 16.1 Å². The van der Waals surface area contributed by atoms with E-state index in [2.05, 4.69) is 21.0 Å². The van der Waals surface area contributed by atoms with Gasteiger partial charge in [-0.05, 0) is 46.4 Å². The highest BCUT2D eigenvalue weighted by Gasteiger charge is 2.15. The molecule has 0 N–H and O–H groups in total.